The first-order valence-corrected chi connectivity index (χ1v) is 7.53. The molecule has 1 aliphatic rings. The highest BCUT2D eigenvalue weighted by Gasteiger charge is 2.31. The second-order valence-electron chi connectivity index (χ2n) is 4.99. The van der Waals surface area contributed by atoms with Crippen LogP contribution in [0.2, 0.25) is 0 Å². The lowest BCUT2D eigenvalue weighted by Gasteiger charge is -2.23. The maximum Gasteiger partial charge on any atom is 0.279 e. The lowest BCUT2D eigenvalue weighted by molar-refractivity contribution is 0.314. The molecule has 1 aliphatic carbocycles. The van der Waals surface area contributed by atoms with Gasteiger partial charge in [-0.05, 0) is 18.8 Å². The summed E-state index contributed by atoms with van der Waals surface area (Å²) in [6, 6.07) is 0.0773. The van der Waals surface area contributed by atoms with Gasteiger partial charge in [0.1, 0.15) is 5.84 Å². The van der Waals surface area contributed by atoms with Crippen LogP contribution >= 0.6 is 0 Å². The van der Waals surface area contributed by atoms with Crippen LogP contribution in [-0.2, 0) is 10.2 Å². The van der Waals surface area contributed by atoms with Crippen molar-refractivity contribution in [2.75, 3.05) is 13.1 Å². The first-order valence-electron chi connectivity index (χ1n) is 6.09. The molecule has 18 heavy (non-hydrogen) atoms. The molecule has 0 heterocycles. The van der Waals surface area contributed by atoms with Crippen LogP contribution < -0.4 is 10.5 Å². The van der Waals surface area contributed by atoms with Crippen molar-refractivity contribution in [3.05, 3.63) is 0 Å². The van der Waals surface area contributed by atoms with Gasteiger partial charge in [-0.25, -0.2) is 0 Å². The first kappa shape index (κ1) is 15.2. The molecule has 0 atom stereocenters. The minimum atomic E-state index is -3.47. The molecule has 0 aromatic rings. The van der Waals surface area contributed by atoms with Crippen molar-refractivity contribution in [2.45, 2.75) is 39.2 Å². The molecule has 106 valence electrons. The smallest absolute Gasteiger partial charge is 0.279 e. The lowest BCUT2D eigenvalue weighted by Crippen LogP contribution is -2.44. The third-order valence-corrected chi connectivity index (χ3v) is 4.19. The van der Waals surface area contributed by atoms with Gasteiger partial charge in [-0.1, -0.05) is 19.0 Å². The molecule has 7 nitrogen and oxygen atoms in total. The Labute approximate surface area is 108 Å². The Bertz CT molecular complexity index is 390. The standard InChI is InChI=1S/C10H22N4O3S/c1-8(2)7-14(6-5-10(11)12-15)18(16,17)13-9-3-4-9/h8-9,13,15H,3-7H2,1-2H3,(H2,11,12). The topological polar surface area (TPSA) is 108 Å². The molecular weight excluding hydrogens is 256 g/mol. The third-order valence-electron chi connectivity index (χ3n) is 2.55. The third kappa shape index (κ3) is 5.19. The monoisotopic (exact) mass is 278 g/mol. The summed E-state index contributed by atoms with van der Waals surface area (Å²) in [5.74, 6) is 0.249. The Kier molecular flexibility index (Phi) is 5.36. The van der Waals surface area contributed by atoms with E-state index in [0.29, 0.717) is 6.54 Å². The van der Waals surface area contributed by atoms with E-state index in [0.717, 1.165) is 12.8 Å². The molecule has 1 saturated carbocycles. The van der Waals surface area contributed by atoms with Crippen LogP contribution in [0.25, 0.3) is 0 Å². The zero-order chi connectivity index (χ0) is 13.8. The molecule has 0 saturated heterocycles. The normalized spacial score (nSPS) is 17.7. The summed E-state index contributed by atoms with van der Waals surface area (Å²) in [4.78, 5) is 0. The van der Waals surface area contributed by atoms with Gasteiger partial charge in [-0.3, -0.25) is 0 Å². The number of amidine groups is 1. The minimum absolute atomic E-state index is 0.0328. The summed E-state index contributed by atoms with van der Waals surface area (Å²) >= 11 is 0. The van der Waals surface area contributed by atoms with Crippen LogP contribution in [0.4, 0.5) is 0 Å². The van der Waals surface area contributed by atoms with E-state index in [1.54, 1.807) is 0 Å². The Hall–Kier alpha value is -0.860. The predicted octanol–water partition coefficient (Wildman–Crippen LogP) is 0.0777. The van der Waals surface area contributed by atoms with E-state index in [1.807, 2.05) is 13.8 Å². The Morgan fingerprint density at radius 3 is 2.61 bits per heavy atom. The highest BCUT2D eigenvalue weighted by Crippen LogP contribution is 2.21. The van der Waals surface area contributed by atoms with Crippen LogP contribution in [0.1, 0.15) is 33.1 Å². The van der Waals surface area contributed by atoms with E-state index >= 15 is 0 Å². The average molecular weight is 278 g/mol. The zero-order valence-corrected chi connectivity index (χ0v) is 11.7. The largest absolute Gasteiger partial charge is 0.409 e. The number of nitrogens with one attached hydrogen (secondary N) is 1. The molecule has 1 rings (SSSR count). The van der Waals surface area contributed by atoms with E-state index in [2.05, 4.69) is 9.88 Å². The fourth-order valence-electron chi connectivity index (χ4n) is 1.49. The molecule has 8 heteroatoms. The van der Waals surface area contributed by atoms with E-state index in [9.17, 15) is 8.42 Å². The van der Waals surface area contributed by atoms with Gasteiger partial charge in [0.2, 0.25) is 0 Å². The first-order chi connectivity index (χ1) is 8.35. The Balaban J connectivity index is 2.63. The fraction of sp³-hybridized carbons (Fsp3) is 0.900. The molecule has 0 aliphatic heterocycles. The molecule has 0 spiro atoms. The van der Waals surface area contributed by atoms with Gasteiger partial charge < -0.3 is 10.9 Å². The van der Waals surface area contributed by atoms with E-state index in [1.165, 1.54) is 4.31 Å². The van der Waals surface area contributed by atoms with Crippen LogP contribution in [-0.4, -0.2) is 42.9 Å². The van der Waals surface area contributed by atoms with Crippen molar-refractivity contribution < 1.29 is 13.6 Å². The Morgan fingerprint density at radius 1 is 1.56 bits per heavy atom. The van der Waals surface area contributed by atoms with Gasteiger partial charge in [-0.2, -0.15) is 17.4 Å². The second-order valence-corrected chi connectivity index (χ2v) is 6.69. The van der Waals surface area contributed by atoms with Crippen molar-refractivity contribution in [1.82, 2.24) is 9.03 Å². The highest BCUT2D eigenvalue weighted by molar-refractivity contribution is 7.87. The molecule has 4 N–H and O–H groups in total. The summed E-state index contributed by atoms with van der Waals surface area (Å²) in [6.45, 7) is 4.53. The number of hydrogen-bond donors (Lipinski definition) is 3. The van der Waals surface area contributed by atoms with Gasteiger partial charge >= 0.3 is 0 Å². The molecule has 0 bridgehead atoms. The van der Waals surface area contributed by atoms with Crippen LogP contribution in [0, 0.1) is 5.92 Å². The van der Waals surface area contributed by atoms with Crippen LogP contribution in [0.3, 0.4) is 0 Å². The van der Waals surface area contributed by atoms with E-state index in [4.69, 9.17) is 10.9 Å². The van der Waals surface area contributed by atoms with E-state index in [-0.39, 0.29) is 30.8 Å². The number of oxime groups is 1. The van der Waals surface area contributed by atoms with Crippen molar-refractivity contribution in [2.24, 2.45) is 16.8 Å². The summed E-state index contributed by atoms with van der Waals surface area (Å²) < 4.78 is 28.2. The lowest BCUT2D eigenvalue weighted by atomic mass is 10.2. The average Bonchev–Trinajstić information content (AvgIpc) is 3.06. The fourth-order valence-corrected chi connectivity index (χ4v) is 3.12. The van der Waals surface area contributed by atoms with Crippen molar-refractivity contribution >= 4 is 16.0 Å². The summed E-state index contributed by atoms with van der Waals surface area (Å²) in [7, 11) is -3.47. The van der Waals surface area contributed by atoms with Crippen LogP contribution in [0.15, 0.2) is 5.16 Å². The van der Waals surface area contributed by atoms with Gasteiger partial charge in [0.15, 0.2) is 0 Å². The van der Waals surface area contributed by atoms with Crippen molar-refractivity contribution in [1.29, 1.82) is 0 Å². The highest BCUT2D eigenvalue weighted by atomic mass is 32.2. The molecule has 0 amide bonds. The molecule has 0 unspecified atom stereocenters. The predicted molar refractivity (Wildman–Crippen MR) is 69.5 cm³/mol. The quantitative estimate of drug-likeness (QED) is 0.253. The summed E-state index contributed by atoms with van der Waals surface area (Å²) in [6.07, 6.45) is 2.01. The van der Waals surface area contributed by atoms with Gasteiger partial charge in [-0.15, -0.1) is 0 Å². The molecule has 0 aromatic carbocycles. The number of nitrogens with two attached hydrogens (primary N) is 1. The summed E-state index contributed by atoms with van der Waals surface area (Å²) in [5, 5.41) is 11.3. The molecule has 1 fully saturated rings. The summed E-state index contributed by atoms with van der Waals surface area (Å²) in [5.41, 5.74) is 5.37. The van der Waals surface area contributed by atoms with E-state index < -0.39 is 10.2 Å². The van der Waals surface area contributed by atoms with Crippen LogP contribution in [0.5, 0.6) is 0 Å². The maximum absolute atomic E-state index is 12.1. The number of hydrogen-bond acceptors (Lipinski definition) is 4. The minimum Gasteiger partial charge on any atom is -0.409 e. The van der Waals surface area contributed by atoms with Gasteiger partial charge in [0, 0.05) is 25.6 Å². The molecular formula is C10H22N4O3S. The maximum atomic E-state index is 12.1. The number of rotatable bonds is 8. The zero-order valence-electron chi connectivity index (χ0n) is 10.8. The van der Waals surface area contributed by atoms with Crippen molar-refractivity contribution in [3.63, 3.8) is 0 Å². The molecule has 0 aromatic heterocycles. The second kappa shape index (κ2) is 6.35. The van der Waals surface area contributed by atoms with Crippen molar-refractivity contribution in [3.8, 4) is 0 Å². The molecule has 0 radical (unpaired) electrons. The Morgan fingerprint density at radius 2 is 2.17 bits per heavy atom. The van der Waals surface area contributed by atoms with Gasteiger partial charge in [0.25, 0.3) is 10.2 Å². The SMILES string of the molecule is CC(C)CN(CCC(N)=NO)S(=O)(=O)NC1CC1. The van der Waals surface area contributed by atoms with Gasteiger partial charge in [0.05, 0.1) is 0 Å². The number of nitrogens with zero attached hydrogens (tertiary/aromatic N) is 2.